The zero-order chi connectivity index (χ0) is 19.3. The molecule has 1 N–H and O–H groups in total. The number of ether oxygens (including phenoxy) is 2. The molecule has 0 aromatic heterocycles. The van der Waals surface area contributed by atoms with Gasteiger partial charge in [0.25, 0.3) is 0 Å². The van der Waals surface area contributed by atoms with Crippen molar-refractivity contribution in [3.05, 3.63) is 29.8 Å². The van der Waals surface area contributed by atoms with E-state index in [9.17, 15) is 5.11 Å². The molecule has 0 saturated heterocycles. The highest BCUT2D eigenvalue weighted by Crippen LogP contribution is 2.44. The van der Waals surface area contributed by atoms with E-state index in [2.05, 4.69) is 13.8 Å². The second-order valence-corrected chi connectivity index (χ2v) is 7.09. The molecule has 0 bridgehead atoms. The van der Waals surface area contributed by atoms with E-state index in [-0.39, 0.29) is 11.7 Å². The summed E-state index contributed by atoms with van der Waals surface area (Å²) in [7, 11) is 0. The van der Waals surface area contributed by atoms with E-state index in [1.54, 1.807) is 6.07 Å². The number of hydrogen-bond acceptors (Lipinski definition) is 3. The average Bonchev–Trinajstić information content (AvgIpc) is 2.64. The summed E-state index contributed by atoms with van der Waals surface area (Å²) in [6.45, 7) is 9.59. The molecule has 0 amide bonds. The Morgan fingerprint density at radius 1 is 0.808 bits per heavy atom. The molecule has 0 spiro atoms. The minimum atomic E-state index is -0.853. The van der Waals surface area contributed by atoms with Crippen LogP contribution in [0.5, 0.6) is 5.75 Å². The Hall–Kier alpha value is -1.06. The third-order valence-corrected chi connectivity index (χ3v) is 5.08. The van der Waals surface area contributed by atoms with Crippen molar-refractivity contribution in [3.63, 3.8) is 0 Å². The summed E-state index contributed by atoms with van der Waals surface area (Å²) in [6, 6.07) is 7.49. The number of aromatic hydroxyl groups is 1. The van der Waals surface area contributed by atoms with Gasteiger partial charge in [-0.15, -0.1) is 0 Å². The highest BCUT2D eigenvalue weighted by Gasteiger charge is 2.43. The van der Waals surface area contributed by atoms with Crippen LogP contribution in [0.1, 0.15) is 91.0 Å². The van der Waals surface area contributed by atoms with Crippen LogP contribution in [0.15, 0.2) is 24.3 Å². The quantitative estimate of drug-likeness (QED) is 0.275. The van der Waals surface area contributed by atoms with Crippen LogP contribution in [0.4, 0.5) is 0 Å². The summed E-state index contributed by atoms with van der Waals surface area (Å²) in [6.07, 6.45) is 10.9. The second kappa shape index (κ2) is 13.2. The van der Waals surface area contributed by atoms with Gasteiger partial charge in [-0.3, -0.25) is 0 Å². The summed E-state index contributed by atoms with van der Waals surface area (Å²) < 4.78 is 12.5. The van der Waals surface area contributed by atoms with Gasteiger partial charge < -0.3 is 14.6 Å². The lowest BCUT2D eigenvalue weighted by atomic mass is 9.83. The van der Waals surface area contributed by atoms with E-state index in [0.717, 1.165) is 24.8 Å². The van der Waals surface area contributed by atoms with E-state index in [0.29, 0.717) is 13.2 Å². The van der Waals surface area contributed by atoms with Gasteiger partial charge in [-0.25, -0.2) is 0 Å². The van der Waals surface area contributed by atoms with E-state index in [1.165, 1.54) is 38.5 Å². The van der Waals surface area contributed by atoms with Gasteiger partial charge in [-0.2, -0.15) is 0 Å². The first-order valence-electron chi connectivity index (χ1n) is 10.7. The smallest absolute Gasteiger partial charge is 0.201 e. The number of phenols is 1. The molecule has 0 aliphatic carbocycles. The molecule has 3 heteroatoms. The monoisotopic (exact) mass is 364 g/mol. The van der Waals surface area contributed by atoms with Crippen LogP contribution in [0.25, 0.3) is 0 Å². The van der Waals surface area contributed by atoms with Crippen LogP contribution in [-0.4, -0.2) is 18.3 Å². The number of benzene rings is 1. The predicted octanol–water partition coefficient (Wildman–Crippen LogP) is 6.78. The first kappa shape index (κ1) is 23.0. The van der Waals surface area contributed by atoms with Gasteiger partial charge in [0.15, 0.2) is 0 Å². The van der Waals surface area contributed by atoms with Crippen molar-refractivity contribution >= 4 is 0 Å². The van der Waals surface area contributed by atoms with Crippen LogP contribution in [0, 0.1) is 5.92 Å². The summed E-state index contributed by atoms with van der Waals surface area (Å²) in [5.74, 6) is -0.348. The maximum atomic E-state index is 10.5. The fourth-order valence-corrected chi connectivity index (χ4v) is 3.89. The predicted molar refractivity (Wildman–Crippen MR) is 109 cm³/mol. The summed E-state index contributed by atoms with van der Waals surface area (Å²) >= 11 is 0. The molecule has 1 aromatic carbocycles. The molecular weight excluding hydrogens is 324 g/mol. The molecular formula is C23H40O3. The van der Waals surface area contributed by atoms with Crippen molar-refractivity contribution in [1.82, 2.24) is 0 Å². The van der Waals surface area contributed by atoms with E-state index in [4.69, 9.17) is 9.47 Å². The average molecular weight is 365 g/mol. The molecule has 0 radical (unpaired) electrons. The SMILES string of the molecule is CCCCCCCCC(CCC)C(OCC)(OCC)c1ccccc1O. The molecule has 0 heterocycles. The minimum absolute atomic E-state index is 0.242. The molecule has 1 unspecified atom stereocenters. The molecule has 0 fully saturated rings. The van der Waals surface area contributed by atoms with Gasteiger partial charge in [0.05, 0.1) is 5.56 Å². The molecule has 0 aliphatic heterocycles. The van der Waals surface area contributed by atoms with Gasteiger partial charge in [-0.05, 0) is 38.8 Å². The van der Waals surface area contributed by atoms with E-state index >= 15 is 0 Å². The Morgan fingerprint density at radius 3 is 2.00 bits per heavy atom. The van der Waals surface area contributed by atoms with Gasteiger partial charge in [0.1, 0.15) is 5.75 Å². The summed E-state index contributed by atoms with van der Waals surface area (Å²) in [5, 5.41) is 10.5. The van der Waals surface area contributed by atoms with Gasteiger partial charge in [0, 0.05) is 19.1 Å². The maximum Gasteiger partial charge on any atom is 0.201 e. The first-order valence-corrected chi connectivity index (χ1v) is 10.7. The molecule has 0 aliphatic rings. The van der Waals surface area contributed by atoms with Crippen molar-refractivity contribution in [2.24, 2.45) is 5.92 Å². The largest absolute Gasteiger partial charge is 0.507 e. The topological polar surface area (TPSA) is 38.7 Å². The minimum Gasteiger partial charge on any atom is -0.507 e. The van der Waals surface area contributed by atoms with Crippen LogP contribution in [0.3, 0.4) is 0 Å². The summed E-state index contributed by atoms with van der Waals surface area (Å²) in [5.41, 5.74) is 0.771. The molecule has 150 valence electrons. The highest BCUT2D eigenvalue weighted by atomic mass is 16.7. The van der Waals surface area contributed by atoms with E-state index < -0.39 is 5.79 Å². The van der Waals surface area contributed by atoms with Crippen molar-refractivity contribution in [1.29, 1.82) is 0 Å². The van der Waals surface area contributed by atoms with Crippen molar-refractivity contribution < 1.29 is 14.6 Å². The normalized spacial score (nSPS) is 13.1. The van der Waals surface area contributed by atoms with Crippen LogP contribution in [-0.2, 0) is 15.3 Å². The third kappa shape index (κ3) is 6.59. The molecule has 3 nitrogen and oxygen atoms in total. The van der Waals surface area contributed by atoms with Crippen molar-refractivity contribution in [2.45, 2.75) is 91.3 Å². The lowest BCUT2D eigenvalue weighted by molar-refractivity contribution is -0.277. The molecule has 1 rings (SSSR count). The highest BCUT2D eigenvalue weighted by molar-refractivity contribution is 5.36. The lowest BCUT2D eigenvalue weighted by Gasteiger charge is -2.41. The molecule has 26 heavy (non-hydrogen) atoms. The molecule has 0 saturated carbocycles. The Kier molecular flexibility index (Phi) is 11.6. The third-order valence-electron chi connectivity index (χ3n) is 5.08. The zero-order valence-corrected chi connectivity index (χ0v) is 17.4. The number of phenolic OH excluding ortho intramolecular Hbond substituents is 1. The van der Waals surface area contributed by atoms with Crippen LogP contribution in [0.2, 0.25) is 0 Å². The second-order valence-electron chi connectivity index (χ2n) is 7.09. The number of hydrogen-bond donors (Lipinski definition) is 1. The molecule has 1 aromatic rings. The maximum absolute atomic E-state index is 10.5. The summed E-state index contributed by atoms with van der Waals surface area (Å²) in [4.78, 5) is 0. The Morgan fingerprint density at radius 2 is 1.42 bits per heavy atom. The van der Waals surface area contributed by atoms with Crippen molar-refractivity contribution in [3.8, 4) is 5.75 Å². The van der Waals surface area contributed by atoms with Crippen LogP contribution >= 0.6 is 0 Å². The standard InChI is InChI=1S/C23H40O3/c1-5-9-10-11-12-13-17-20(16-6-2)23(25-7-3,26-8-4)21-18-14-15-19-22(21)24/h14-15,18-20,24H,5-13,16-17H2,1-4H3. The van der Waals surface area contributed by atoms with Crippen LogP contribution < -0.4 is 0 Å². The fraction of sp³-hybridized carbons (Fsp3) is 0.739. The number of rotatable bonds is 15. The van der Waals surface area contributed by atoms with Gasteiger partial charge >= 0.3 is 0 Å². The Labute approximate surface area is 161 Å². The van der Waals surface area contributed by atoms with Gasteiger partial charge in [-0.1, -0.05) is 70.9 Å². The number of para-hydroxylation sites is 1. The molecule has 1 atom stereocenters. The Balaban J connectivity index is 3.00. The fourth-order valence-electron chi connectivity index (χ4n) is 3.89. The lowest BCUT2D eigenvalue weighted by Crippen LogP contribution is -2.41. The Bertz CT molecular complexity index is 466. The van der Waals surface area contributed by atoms with Gasteiger partial charge in [0.2, 0.25) is 5.79 Å². The van der Waals surface area contributed by atoms with Crippen molar-refractivity contribution in [2.75, 3.05) is 13.2 Å². The first-order chi connectivity index (χ1) is 12.7. The number of unbranched alkanes of at least 4 members (excludes halogenated alkanes) is 5. The zero-order valence-electron chi connectivity index (χ0n) is 17.4. The van der Waals surface area contributed by atoms with E-state index in [1.807, 2.05) is 32.0 Å².